The van der Waals surface area contributed by atoms with Crippen LogP contribution in [-0.2, 0) is 4.79 Å². The van der Waals surface area contributed by atoms with Crippen molar-refractivity contribution in [3.05, 3.63) is 35.9 Å². The van der Waals surface area contributed by atoms with E-state index >= 15 is 0 Å². The topological polar surface area (TPSA) is 20.3 Å². The monoisotopic (exact) mass is 423 g/mol. The Bertz CT molecular complexity index is 620. The maximum absolute atomic E-state index is 12.3. The molecule has 28 heavy (non-hydrogen) atoms. The van der Waals surface area contributed by atoms with E-state index in [2.05, 4.69) is 66.2 Å². The molecular formula is C24H41NOS2. The molecule has 0 aliphatic rings. The fraction of sp³-hybridized carbons (Fsp3) is 0.667. The summed E-state index contributed by atoms with van der Waals surface area (Å²) < 4.78 is 0.649. The molecular weight excluding hydrogens is 382 g/mol. The minimum absolute atomic E-state index is 0.0354. The molecule has 0 spiro atoms. The van der Waals surface area contributed by atoms with E-state index in [9.17, 15) is 4.79 Å². The first kappa shape index (κ1) is 27.3. The zero-order valence-corrected chi connectivity index (χ0v) is 21.3. The van der Waals surface area contributed by atoms with Crippen LogP contribution in [0.15, 0.2) is 30.3 Å². The quantitative estimate of drug-likeness (QED) is 0.390. The number of nitrogens with zero attached hydrogens (tertiary/aromatic N) is 1. The van der Waals surface area contributed by atoms with Crippen LogP contribution in [0.4, 0.5) is 0 Å². The van der Waals surface area contributed by atoms with Crippen LogP contribution in [0.25, 0.3) is 0 Å². The van der Waals surface area contributed by atoms with Crippen LogP contribution >= 0.6 is 24.8 Å². The summed E-state index contributed by atoms with van der Waals surface area (Å²) in [5, 5.41) is 0. The maximum Gasteiger partial charge on any atom is 0.138 e. The van der Waals surface area contributed by atoms with Crippen molar-refractivity contribution in [1.82, 2.24) is 4.90 Å². The summed E-state index contributed by atoms with van der Waals surface area (Å²) in [4.78, 5) is 14.6. The highest BCUT2D eigenvalue weighted by atomic mass is 32.1. The van der Waals surface area contributed by atoms with Gasteiger partial charge in [0.05, 0.1) is 4.20 Å². The number of thiocarbonyl (C=S) groups is 1. The fourth-order valence-electron chi connectivity index (χ4n) is 3.19. The molecule has 0 fully saturated rings. The number of carbonyl (C=O) groups excluding carboxylic acids is 1. The lowest BCUT2D eigenvalue weighted by molar-refractivity contribution is -0.129. The van der Waals surface area contributed by atoms with Gasteiger partial charge in [-0.25, -0.2) is 0 Å². The van der Waals surface area contributed by atoms with Gasteiger partial charge in [0.2, 0.25) is 0 Å². The summed E-state index contributed by atoms with van der Waals surface area (Å²) in [5.41, 5.74) is 0.940. The van der Waals surface area contributed by atoms with Crippen molar-refractivity contribution in [2.45, 2.75) is 73.8 Å². The number of Topliss-reactive ketones (excluding diaryl/α,β-unsaturated/α-hetero) is 1. The van der Waals surface area contributed by atoms with Crippen molar-refractivity contribution in [2.24, 2.45) is 16.7 Å². The summed E-state index contributed by atoms with van der Waals surface area (Å²) >= 11 is 8.85. The van der Waals surface area contributed by atoms with Crippen LogP contribution in [-0.4, -0.2) is 34.5 Å². The van der Waals surface area contributed by atoms with E-state index in [-0.39, 0.29) is 16.4 Å². The third kappa shape index (κ3) is 9.19. The van der Waals surface area contributed by atoms with Crippen molar-refractivity contribution < 1.29 is 4.79 Å². The lowest BCUT2D eigenvalue weighted by Crippen LogP contribution is -2.49. The molecule has 0 amide bonds. The van der Waals surface area contributed by atoms with Crippen LogP contribution in [0.5, 0.6) is 0 Å². The molecule has 0 aromatic heterocycles. The van der Waals surface area contributed by atoms with Gasteiger partial charge >= 0.3 is 0 Å². The number of hydrogen-bond acceptors (Lipinski definition) is 3. The third-order valence-electron chi connectivity index (χ3n) is 5.60. The van der Waals surface area contributed by atoms with Gasteiger partial charge < -0.3 is 4.90 Å². The van der Waals surface area contributed by atoms with Crippen molar-refractivity contribution in [3.63, 3.8) is 0 Å². The second-order valence-electron chi connectivity index (χ2n) is 10.3. The highest BCUT2D eigenvalue weighted by Gasteiger charge is 2.39. The molecule has 0 radical (unpaired) electrons. The summed E-state index contributed by atoms with van der Waals surface area (Å²) in [5.74, 6) is 0.925. The zero-order valence-electron chi connectivity index (χ0n) is 19.6. The van der Waals surface area contributed by atoms with Crippen molar-refractivity contribution in [2.75, 3.05) is 14.1 Å². The van der Waals surface area contributed by atoms with E-state index in [0.717, 1.165) is 12.0 Å². The average Bonchev–Trinajstić information content (AvgIpc) is 2.54. The van der Waals surface area contributed by atoms with Crippen molar-refractivity contribution in [1.29, 1.82) is 0 Å². The Kier molecular flexibility index (Phi) is 10.6. The zero-order chi connectivity index (χ0) is 22.3. The van der Waals surface area contributed by atoms with Gasteiger partial charge in [0.15, 0.2) is 0 Å². The van der Waals surface area contributed by atoms with E-state index < -0.39 is 0 Å². The van der Waals surface area contributed by atoms with Gasteiger partial charge in [-0.3, -0.25) is 4.79 Å². The Morgan fingerprint density at radius 3 is 1.79 bits per heavy atom. The van der Waals surface area contributed by atoms with Gasteiger partial charge in [0, 0.05) is 17.4 Å². The molecule has 0 saturated heterocycles. The first-order valence-corrected chi connectivity index (χ1v) is 10.9. The molecule has 0 heterocycles. The molecule has 0 aliphatic heterocycles. The molecule has 4 heteroatoms. The van der Waals surface area contributed by atoms with Gasteiger partial charge in [-0.15, -0.1) is 12.6 Å². The number of thiol groups is 1. The van der Waals surface area contributed by atoms with E-state index in [0.29, 0.717) is 22.3 Å². The highest BCUT2D eigenvalue weighted by molar-refractivity contribution is 8.11. The lowest BCUT2D eigenvalue weighted by atomic mass is 9.69. The molecule has 0 saturated carbocycles. The van der Waals surface area contributed by atoms with Crippen LogP contribution in [0, 0.1) is 16.7 Å². The predicted octanol–water partition coefficient (Wildman–Crippen LogP) is 6.68. The van der Waals surface area contributed by atoms with E-state index in [1.165, 1.54) is 0 Å². The summed E-state index contributed by atoms with van der Waals surface area (Å²) in [7, 11) is 4.28. The Morgan fingerprint density at radius 2 is 1.50 bits per heavy atom. The van der Waals surface area contributed by atoms with E-state index in [1.54, 1.807) is 0 Å². The molecule has 1 aromatic carbocycles. The molecule has 0 bridgehead atoms. The lowest BCUT2D eigenvalue weighted by Gasteiger charge is -2.45. The second-order valence-corrected chi connectivity index (χ2v) is 11.4. The molecule has 1 aromatic rings. The predicted molar refractivity (Wildman–Crippen MR) is 132 cm³/mol. The molecule has 2 nitrogen and oxygen atoms in total. The normalized spacial score (nSPS) is 14.3. The number of benzene rings is 1. The molecule has 160 valence electrons. The molecule has 0 aliphatic carbocycles. The number of hydrogen-bond donors (Lipinski definition) is 1. The smallest absolute Gasteiger partial charge is 0.138 e. The van der Waals surface area contributed by atoms with Gasteiger partial charge in [-0.2, -0.15) is 0 Å². The van der Waals surface area contributed by atoms with Crippen LogP contribution in [0.2, 0.25) is 0 Å². The minimum atomic E-state index is -0.233. The SMILES string of the molecule is CC(C)C(C)(CC(C)(C)CC(=O)C(C)(C)C)N(C)C.S=C(S)c1ccccc1. The molecule has 1 unspecified atom stereocenters. The first-order valence-electron chi connectivity index (χ1n) is 10.0. The van der Waals surface area contributed by atoms with Gasteiger partial charge in [-0.1, -0.05) is 91.0 Å². The standard InChI is InChI=1S/C17H35NO.C7H6S2/c1-13(2)17(8,18(9)10)12-16(6,7)11-14(19)15(3,4)5;8-7(9)6-4-2-1-3-5-6/h13H,11-12H2,1-10H3;1-5H,(H,8,9). The summed E-state index contributed by atoms with van der Waals surface area (Å²) in [6.45, 7) is 17.3. The highest BCUT2D eigenvalue weighted by Crippen LogP contribution is 2.39. The Balaban J connectivity index is 0.000000668. The number of rotatable bonds is 7. The summed E-state index contributed by atoms with van der Waals surface area (Å²) in [6.07, 6.45) is 1.69. The van der Waals surface area contributed by atoms with Crippen molar-refractivity contribution in [3.8, 4) is 0 Å². The van der Waals surface area contributed by atoms with Crippen molar-refractivity contribution >= 4 is 34.8 Å². The van der Waals surface area contributed by atoms with E-state index in [4.69, 9.17) is 12.2 Å². The molecule has 0 N–H and O–H groups in total. The first-order chi connectivity index (χ1) is 12.5. The minimum Gasteiger partial charge on any atom is -0.304 e. The third-order valence-corrected chi connectivity index (χ3v) is 6.09. The van der Waals surface area contributed by atoms with Gasteiger partial charge in [0.25, 0.3) is 0 Å². The fourth-order valence-corrected chi connectivity index (χ4v) is 3.48. The largest absolute Gasteiger partial charge is 0.304 e. The van der Waals surface area contributed by atoms with E-state index in [1.807, 2.05) is 51.1 Å². The number of ketones is 1. The maximum atomic E-state index is 12.3. The van der Waals surface area contributed by atoms with Gasteiger partial charge in [0.1, 0.15) is 5.78 Å². The second kappa shape index (κ2) is 10.9. The average molecular weight is 424 g/mol. The van der Waals surface area contributed by atoms with Crippen LogP contribution in [0.1, 0.15) is 73.8 Å². The Hall–Kier alpha value is -0.710. The number of carbonyl (C=O) groups is 1. The Morgan fingerprint density at radius 1 is 1.04 bits per heavy atom. The molecule has 1 rings (SSSR count). The van der Waals surface area contributed by atoms with Crippen LogP contribution in [0.3, 0.4) is 0 Å². The Labute approximate surface area is 184 Å². The summed E-state index contributed by atoms with van der Waals surface area (Å²) in [6, 6.07) is 9.72. The molecule has 1 atom stereocenters. The van der Waals surface area contributed by atoms with Gasteiger partial charge in [-0.05, 0) is 44.3 Å². The van der Waals surface area contributed by atoms with Crippen LogP contribution < -0.4 is 0 Å².